The average molecular weight is 422 g/mol. The number of guanidine groups is 1. The predicted octanol–water partition coefficient (Wildman–Crippen LogP) is 0.990. The number of nitrogens with one attached hydrogen (secondary N) is 1. The Morgan fingerprint density at radius 1 is 1.17 bits per heavy atom. The molecule has 3 N–H and O–H groups in total. The summed E-state index contributed by atoms with van der Waals surface area (Å²) in [5.74, 6) is 2.14. The second-order valence-corrected chi connectivity index (χ2v) is 9.74. The summed E-state index contributed by atoms with van der Waals surface area (Å²) in [5, 5.41) is 8.38. The van der Waals surface area contributed by atoms with Crippen LogP contribution in [-0.2, 0) is 21.4 Å². The van der Waals surface area contributed by atoms with Crippen LogP contribution in [0.15, 0.2) is 34.2 Å². The fourth-order valence-electron chi connectivity index (χ4n) is 4.11. The Labute approximate surface area is 173 Å². The summed E-state index contributed by atoms with van der Waals surface area (Å²) in [5.41, 5.74) is 0.882. The van der Waals surface area contributed by atoms with E-state index in [1.54, 1.807) is 31.1 Å². The van der Waals surface area contributed by atoms with Crippen molar-refractivity contribution in [1.29, 1.82) is 0 Å². The number of carbonyl (C=O) groups excluding carboxylic acids is 1. The van der Waals surface area contributed by atoms with Crippen LogP contribution in [0.4, 0.5) is 0 Å². The van der Waals surface area contributed by atoms with Crippen LogP contribution >= 0.6 is 0 Å². The lowest BCUT2D eigenvalue weighted by molar-refractivity contribution is -0.127. The molecular formula is C20H31N5O3S. The highest BCUT2D eigenvalue weighted by Gasteiger charge is 2.35. The fraction of sp³-hybridized carbons (Fsp3) is 0.600. The topological polar surface area (TPSA) is 108 Å². The fourth-order valence-corrected chi connectivity index (χ4v) is 4.63. The maximum absolute atomic E-state index is 12.0. The molecule has 29 heavy (non-hydrogen) atoms. The zero-order valence-corrected chi connectivity index (χ0v) is 18.0. The number of likely N-dealkylation sites (N-methyl/N-ethyl adjacent to an activating group) is 1. The summed E-state index contributed by atoms with van der Waals surface area (Å²) in [7, 11) is -0.232. The van der Waals surface area contributed by atoms with Gasteiger partial charge in [-0.3, -0.25) is 4.79 Å². The van der Waals surface area contributed by atoms with Crippen LogP contribution in [0.2, 0.25) is 0 Å². The minimum atomic E-state index is -3.70. The van der Waals surface area contributed by atoms with Gasteiger partial charge in [0.2, 0.25) is 15.9 Å². The Kier molecular flexibility index (Phi) is 6.79. The molecule has 1 aliphatic heterocycles. The normalized spacial score (nSPS) is 22.3. The van der Waals surface area contributed by atoms with Crippen LogP contribution in [-0.4, -0.2) is 63.8 Å². The van der Waals surface area contributed by atoms with Gasteiger partial charge in [0, 0.05) is 27.2 Å². The van der Waals surface area contributed by atoms with E-state index in [-0.39, 0.29) is 17.3 Å². The lowest BCUT2D eigenvalue weighted by Gasteiger charge is -2.23. The number of nitrogens with two attached hydrogens (primary N) is 1. The molecule has 1 amide bonds. The van der Waals surface area contributed by atoms with Gasteiger partial charge in [-0.1, -0.05) is 25.0 Å². The first-order chi connectivity index (χ1) is 13.7. The summed E-state index contributed by atoms with van der Waals surface area (Å²) in [6.45, 7) is 2.53. The maximum Gasteiger partial charge on any atom is 0.241 e. The number of likely N-dealkylation sites (tertiary alicyclic amines) is 1. The summed E-state index contributed by atoms with van der Waals surface area (Å²) in [4.78, 5) is 20.7. The third-order valence-electron chi connectivity index (χ3n) is 5.84. The van der Waals surface area contributed by atoms with Crippen LogP contribution in [0.5, 0.6) is 0 Å². The molecule has 2 atom stereocenters. The lowest BCUT2D eigenvalue weighted by atomic mass is 9.82. The van der Waals surface area contributed by atoms with Crippen LogP contribution in [0, 0.1) is 11.8 Å². The van der Waals surface area contributed by atoms with Gasteiger partial charge in [-0.15, -0.1) is 0 Å². The molecule has 1 aromatic rings. The first-order valence-corrected chi connectivity index (χ1v) is 11.6. The molecule has 160 valence electrons. The first-order valence-electron chi connectivity index (χ1n) is 10.1. The third-order valence-corrected chi connectivity index (χ3v) is 6.76. The van der Waals surface area contributed by atoms with E-state index >= 15 is 0 Å². The molecule has 1 aromatic carbocycles. The van der Waals surface area contributed by atoms with E-state index in [4.69, 9.17) is 10.1 Å². The summed E-state index contributed by atoms with van der Waals surface area (Å²) >= 11 is 0. The zero-order chi connectivity index (χ0) is 21.0. The molecule has 1 saturated carbocycles. The van der Waals surface area contributed by atoms with Crippen molar-refractivity contribution < 1.29 is 13.2 Å². The van der Waals surface area contributed by atoms with Gasteiger partial charge in [-0.2, -0.15) is 0 Å². The Bertz CT molecular complexity index is 837. The maximum atomic E-state index is 12.0. The molecule has 2 fully saturated rings. The molecule has 2 aliphatic rings. The number of aliphatic imine (C=N–C) groups is 1. The average Bonchev–Trinajstić information content (AvgIpc) is 3.11. The lowest BCUT2D eigenvalue weighted by Crippen LogP contribution is -2.44. The standard InChI is InChI=1S/C20H31N5O3S/c1-24(2)19(26)12-23-20(25-13-16-5-3-4-6-17(16)14-25)22-11-15-7-9-18(10-8-15)29(21,27)28/h7-10,16-17H,3-6,11-14H2,1-2H3,(H,22,23)(H2,21,27,28). The number of sulfonamides is 1. The van der Waals surface area contributed by atoms with E-state index < -0.39 is 10.0 Å². The quantitative estimate of drug-likeness (QED) is 0.544. The summed E-state index contributed by atoms with van der Waals surface area (Å²) in [6, 6.07) is 6.42. The molecule has 3 rings (SSSR count). The predicted molar refractivity (Wildman–Crippen MR) is 113 cm³/mol. The number of amides is 1. The number of nitrogens with zero attached hydrogens (tertiary/aromatic N) is 3. The second-order valence-electron chi connectivity index (χ2n) is 8.18. The Morgan fingerprint density at radius 2 is 1.76 bits per heavy atom. The van der Waals surface area contributed by atoms with Crippen molar-refractivity contribution in [2.45, 2.75) is 37.1 Å². The van der Waals surface area contributed by atoms with Crippen molar-refractivity contribution in [3.8, 4) is 0 Å². The molecule has 0 spiro atoms. The number of primary sulfonamides is 1. The van der Waals surface area contributed by atoms with Crippen molar-refractivity contribution in [3.63, 3.8) is 0 Å². The van der Waals surface area contributed by atoms with Gasteiger partial charge in [0.15, 0.2) is 5.96 Å². The molecule has 0 bridgehead atoms. The third kappa shape index (κ3) is 5.70. The van der Waals surface area contributed by atoms with Gasteiger partial charge in [0.1, 0.15) is 0 Å². The number of benzene rings is 1. The van der Waals surface area contributed by atoms with E-state index in [9.17, 15) is 13.2 Å². The van der Waals surface area contributed by atoms with Gasteiger partial charge in [-0.05, 0) is 42.4 Å². The molecule has 8 nitrogen and oxygen atoms in total. The number of fused-ring (bicyclic) bond motifs is 1. The van der Waals surface area contributed by atoms with Crippen LogP contribution in [0.1, 0.15) is 31.2 Å². The highest BCUT2D eigenvalue weighted by Crippen LogP contribution is 2.36. The van der Waals surface area contributed by atoms with E-state index in [2.05, 4.69) is 10.2 Å². The molecule has 0 radical (unpaired) electrons. The van der Waals surface area contributed by atoms with E-state index in [1.165, 1.54) is 37.8 Å². The molecule has 1 heterocycles. The van der Waals surface area contributed by atoms with Crippen molar-refractivity contribution in [2.24, 2.45) is 22.0 Å². The Hall–Kier alpha value is -2.13. The van der Waals surface area contributed by atoms with Crippen molar-refractivity contribution >= 4 is 21.9 Å². The second kappa shape index (κ2) is 9.13. The van der Waals surface area contributed by atoms with Crippen LogP contribution < -0.4 is 10.5 Å². The zero-order valence-electron chi connectivity index (χ0n) is 17.2. The number of rotatable bonds is 5. The van der Waals surface area contributed by atoms with E-state index in [1.807, 2.05) is 0 Å². The van der Waals surface area contributed by atoms with Crippen molar-refractivity contribution in [1.82, 2.24) is 15.1 Å². The van der Waals surface area contributed by atoms with Gasteiger partial charge < -0.3 is 15.1 Å². The monoisotopic (exact) mass is 421 g/mol. The van der Waals surface area contributed by atoms with Gasteiger partial charge >= 0.3 is 0 Å². The molecule has 2 unspecified atom stereocenters. The molecule has 9 heteroatoms. The first kappa shape index (κ1) is 21.6. The smallest absolute Gasteiger partial charge is 0.241 e. The summed E-state index contributed by atoms with van der Waals surface area (Å²) in [6.07, 6.45) is 5.12. The summed E-state index contributed by atoms with van der Waals surface area (Å²) < 4.78 is 22.8. The van der Waals surface area contributed by atoms with Crippen LogP contribution in [0.25, 0.3) is 0 Å². The largest absolute Gasteiger partial charge is 0.347 e. The van der Waals surface area contributed by atoms with Gasteiger partial charge in [0.05, 0.1) is 18.0 Å². The molecule has 1 saturated heterocycles. The Balaban J connectivity index is 1.72. The number of hydrogen-bond acceptors (Lipinski definition) is 4. The number of hydrogen-bond donors (Lipinski definition) is 2. The minimum absolute atomic E-state index is 0.00758. The van der Waals surface area contributed by atoms with Gasteiger partial charge in [0.25, 0.3) is 0 Å². The molecular weight excluding hydrogens is 390 g/mol. The van der Waals surface area contributed by atoms with E-state index in [0.717, 1.165) is 24.6 Å². The van der Waals surface area contributed by atoms with Crippen molar-refractivity contribution in [2.75, 3.05) is 33.7 Å². The SMILES string of the molecule is CN(C)C(=O)CNC(=NCc1ccc(S(N)(=O)=O)cc1)N1CC2CCCCC2C1. The van der Waals surface area contributed by atoms with Crippen LogP contribution in [0.3, 0.4) is 0 Å². The van der Waals surface area contributed by atoms with E-state index in [0.29, 0.717) is 18.4 Å². The highest BCUT2D eigenvalue weighted by molar-refractivity contribution is 7.89. The Morgan fingerprint density at radius 3 is 2.28 bits per heavy atom. The van der Waals surface area contributed by atoms with Crippen molar-refractivity contribution in [3.05, 3.63) is 29.8 Å². The minimum Gasteiger partial charge on any atom is -0.347 e. The molecule has 0 aromatic heterocycles. The highest BCUT2D eigenvalue weighted by atomic mass is 32.2. The number of carbonyl (C=O) groups is 1. The van der Waals surface area contributed by atoms with Gasteiger partial charge in [-0.25, -0.2) is 18.5 Å². The molecule has 1 aliphatic carbocycles.